The maximum atomic E-state index is 13.7. The molecule has 170 valence electrons. The summed E-state index contributed by atoms with van der Waals surface area (Å²) >= 11 is 0. The molecule has 0 spiro atoms. The molecule has 0 unspecified atom stereocenters. The van der Waals surface area contributed by atoms with E-state index in [0.717, 1.165) is 37.4 Å². The highest BCUT2D eigenvalue weighted by Crippen LogP contribution is 2.23. The van der Waals surface area contributed by atoms with Crippen LogP contribution in [0.2, 0.25) is 0 Å². The number of ether oxygens (including phenoxy) is 2. The van der Waals surface area contributed by atoms with Gasteiger partial charge in [-0.3, -0.25) is 0 Å². The van der Waals surface area contributed by atoms with E-state index in [1.807, 2.05) is 24.3 Å². The fourth-order valence-electron chi connectivity index (χ4n) is 3.36. The second-order valence-corrected chi connectivity index (χ2v) is 7.38. The number of anilines is 1. The van der Waals surface area contributed by atoms with E-state index in [9.17, 15) is 17.6 Å². The fourth-order valence-corrected chi connectivity index (χ4v) is 3.36. The molecule has 0 aliphatic carbocycles. The third-order valence-electron chi connectivity index (χ3n) is 5.05. The lowest BCUT2D eigenvalue weighted by atomic mass is 10.1. The summed E-state index contributed by atoms with van der Waals surface area (Å²) in [7, 11) is 0. The van der Waals surface area contributed by atoms with Gasteiger partial charge in [0.25, 0.3) is 0 Å². The third-order valence-corrected chi connectivity index (χ3v) is 5.05. The molecule has 2 aliphatic rings. The molecule has 2 heterocycles. The van der Waals surface area contributed by atoms with Gasteiger partial charge in [0.15, 0.2) is 29.2 Å². The van der Waals surface area contributed by atoms with Gasteiger partial charge in [0.1, 0.15) is 30.8 Å². The van der Waals surface area contributed by atoms with Crippen LogP contribution in [-0.4, -0.2) is 31.7 Å². The van der Waals surface area contributed by atoms with Crippen LogP contribution in [0.15, 0.2) is 47.3 Å². The van der Waals surface area contributed by atoms with Gasteiger partial charge in [-0.25, -0.2) is 22.6 Å². The van der Waals surface area contributed by atoms with Gasteiger partial charge >= 0.3 is 0 Å². The van der Waals surface area contributed by atoms with E-state index < -0.39 is 35.4 Å². The number of piperidine rings is 1. The van der Waals surface area contributed by atoms with Crippen molar-refractivity contribution in [3.05, 3.63) is 71.1 Å². The highest BCUT2D eigenvalue weighted by molar-refractivity contribution is 5.95. The largest absolute Gasteiger partial charge is 0.490 e. The van der Waals surface area contributed by atoms with Crippen molar-refractivity contribution in [3.63, 3.8) is 0 Å². The number of aliphatic imine (C=N–C) groups is 1. The Morgan fingerprint density at radius 3 is 2.47 bits per heavy atom. The van der Waals surface area contributed by atoms with E-state index in [4.69, 9.17) is 9.47 Å². The van der Waals surface area contributed by atoms with Crippen molar-refractivity contribution in [2.24, 2.45) is 4.99 Å². The summed E-state index contributed by atoms with van der Waals surface area (Å²) in [5.74, 6) is -4.48. The molecule has 32 heavy (non-hydrogen) atoms. The zero-order chi connectivity index (χ0) is 22.5. The van der Waals surface area contributed by atoms with Gasteiger partial charge in [-0.15, -0.1) is 0 Å². The minimum Gasteiger partial charge on any atom is -0.490 e. The lowest BCUT2D eigenvalue weighted by Crippen LogP contribution is -2.34. The van der Waals surface area contributed by atoms with Crippen LogP contribution in [0.25, 0.3) is 0 Å². The van der Waals surface area contributed by atoms with Gasteiger partial charge < -0.3 is 25.4 Å². The summed E-state index contributed by atoms with van der Waals surface area (Å²) in [4.78, 5) is 4.26. The average Bonchev–Trinajstić information content (AvgIpc) is 2.80. The van der Waals surface area contributed by atoms with Gasteiger partial charge in [0.05, 0.1) is 5.56 Å². The second kappa shape index (κ2) is 9.90. The van der Waals surface area contributed by atoms with Gasteiger partial charge in [-0.1, -0.05) is 6.07 Å². The van der Waals surface area contributed by atoms with Crippen molar-refractivity contribution in [3.8, 4) is 5.75 Å². The van der Waals surface area contributed by atoms with Crippen molar-refractivity contribution in [1.82, 2.24) is 10.6 Å². The summed E-state index contributed by atoms with van der Waals surface area (Å²) in [6, 6.07) is 7.64. The molecule has 2 aromatic carbocycles. The molecule has 2 aliphatic heterocycles. The van der Waals surface area contributed by atoms with E-state index in [1.54, 1.807) is 0 Å². The molecular weight excluding hydrogens is 428 g/mol. The van der Waals surface area contributed by atoms with Crippen LogP contribution < -0.4 is 20.7 Å². The highest BCUT2D eigenvalue weighted by atomic mass is 19.2. The number of benzene rings is 2. The van der Waals surface area contributed by atoms with Crippen molar-refractivity contribution in [1.29, 1.82) is 0 Å². The molecule has 6 nitrogen and oxygen atoms in total. The quantitative estimate of drug-likeness (QED) is 0.462. The van der Waals surface area contributed by atoms with Crippen molar-refractivity contribution >= 4 is 11.6 Å². The smallest absolute Gasteiger partial charge is 0.200 e. The number of nitrogens with zero attached hydrogens (tertiary/aromatic N) is 1. The van der Waals surface area contributed by atoms with Crippen LogP contribution >= 0.6 is 0 Å². The molecule has 4 rings (SSSR count). The Morgan fingerprint density at radius 2 is 1.78 bits per heavy atom. The second-order valence-electron chi connectivity index (χ2n) is 7.38. The van der Waals surface area contributed by atoms with Crippen LogP contribution in [0.3, 0.4) is 0 Å². The fraction of sp³-hybridized carbons (Fsp3) is 0.318. The van der Waals surface area contributed by atoms with Crippen LogP contribution in [0, 0.1) is 23.3 Å². The van der Waals surface area contributed by atoms with Crippen LogP contribution in [0.1, 0.15) is 18.4 Å². The average molecular weight is 450 g/mol. The van der Waals surface area contributed by atoms with Crippen LogP contribution in [0.5, 0.6) is 5.75 Å². The number of guanidine groups is 1. The highest BCUT2D eigenvalue weighted by Gasteiger charge is 2.20. The molecule has 3 N–H and O–H groups in total. The van der Waals surface area contributed by atoms with Crippen LogP contribution in [0.4, 0.5) is 23.2 Å². The van der Waals surface area contributed by atoms with Crippen molar-refractivity contribution < 1.29 is 27.0 Å². The molecule has 0 atom stereocenters. The summed E-state index contributed by atoms with van der Waals surface area (Å²) in [5, 5.41) is 9.28. The molecule has 1 fully saturated rings. The minimum absolute atomic E-state index is 0.0711. The van der Waals surface area contributed by atoms with Gasteiger partial charge in [-0.2, -0.15) is 0 Å². The van der Waals surface area contributed by atoms with E-state index in [0.29, 0.717) is 5.96 Å². The van der Waals surface area contributed by atoms with Gasteiger partial charge in [-0.05, 0) is 38.1 Å². The van der Waals surface area contributed by atoms with Gasteiger partial charge in [0, 0.05) is 24.0 Å². The standard InChI is InChI=1S/C22H22F4N4O2/c23-18-9-19(24)21(26)17(20(18)25)12-31-16-10-28-22(29-11-16)30-13-2-1-3-15(8-13)32-14-4-6-27-7-5-14/h1-3,8-10,14,27H,4-7,11-12H2,(H2,28,29,30). The SMILES string of the molecule is Fc1cc(F)c(F)c(COC2=CNC(Nc3cccc(OC4CCNCC4)c3)=NC2)c1F. The number of rotatable bonds is 6. The zero-order valence-corrected chi connectivity index (χ0v) is 17.1. The normalized spacial score (nSPS) is 16.6. The Bertz CT molecular complexity index is 1010. The Hall–Kier alpha value is -3.27. The summed E-state index contributed by atoms with van der Waals surface area (Å²) in [6.45, 7) is 1.27. The van der Waals surface area contributed by atoms with Gasteiger partial charge in [0.2, 0.25) is 0 Å². The molecule has 1 saturated heterocycles. The summed E-state index contributed by atoms with van der Waals surface area (Å²) in [5.41, 5.74) is -0.0540. The Morgan fingerprint density at radius 1 is 1.03 bits per heavy atom. The van der Waals surface area contributed by atoms with E-state index in [-0.39, 0.29) is 24.5 Å². The molecule has 10 heteroatoms. The first kappa shape index (κ1) is 21.9. The lowest BCUT2D eigenvalue weighted by molar-refractivity contribution is 0.162. The van der Waals surface area contributed by atoms with Crippen molar-refractivity contribution in [2.45, 2.75) is 25.6 Å². The Kier molecular flexibility index (Phi) is 6.79. The predicted octanol–water partition coefficient (Wildman–Crippen LogP) is 3.80. The number of hydrogen-bond acceptors (Lipinski definition) is 6. The molecule has 0 amide bonds. The Balaban J connectivity index is 1.31. The molecular formula is C22H22F4N4O2. The first-order valence-corrected chi connectivity index (χ1v) is 10.2. The Labute approximate surface area is 182 Å². The number of nitrogens with one attached hydrogen (secondary N) is 3. The molecule has 0 radical (unpaired) electrons. The molecule has 0 bridgehead atoms. The van der Waals surface area contributed by atoms with Crippen molar-refractivity contribution in [2.75, 3.05) is 25.0 Å². The first-order chi connectivity index (χ1) is 15.5. The van der Waals surface area contributed by atoms with E-state index >= 15 is 0 Å². The van der Waals surface area contributed by atoms with Crippen LogP contribution in [-0.2, 0) is 11.3 Å². The monoisotopic (exact) mass is 450 g/mol. The maximum Gasteiger partial charge on any atom is 0.200 e. The zero-order valence-electron chi connectivity index (χ0n) is 17.1. The molecule has 0 aromatic heterocycles. The molecule has 2 aromatic rings. The topological polar surface area (TPSA) is 66.9 Å². The maximum absolute atomic E-state index is 13.7. The molecule has 0 saturated carbocycles. The number of hydrogen-bond donors (Lipinski definition) is 3. The third kappa shape index (κ3) is 5.31. The van der Waals surface area contributed by atoms with E-state index in [2.05, 4.69) is 20.9 Å². The summed E-state index contributed by atoms with van der Waals surface area (Å²) in [6.07, 6.45) is 3.54. The first-order valence-electron chi connectivity index (χ1n) is 10.2. The minimum atomic E-state index is -1.48. The number of halogens is 4. The summed E-state index contributed by atoms with van der Waals surface area (Å²) < 4.78 is 65.4. The predicted molar refractivity (Wildman–Crippen MR) is 111 cm³/mol. The lowest BCUT2D eigenvalue weighted by Gasteiger charge is -2.24. The van der Waals surface area contributed by atoms with E-state index in [1.165, 1.54) is 6.20 Å².